The van der Waals surface area contributed by atoms with Crippen LogP contribution in [0.5, 0.6) is 5.75 Å². The van der Waals surface area contributed by atoms with E-state index >= 15 is 0 Å². The quantitative estimate of drug-likeness (QED) is 0.870. The molecule has 0 bridgehead atoms. The predicted octanol–water partition coefficient (Wildman–Crippen LogP) is 2.60. The fraction of sp³-hybridized carbons (Fsp3) is 0.455. The molecule has 0 saturated carbocycles. The summed E-state index contributed by atoms with van der Waals surface area (Å²) >= 11 is 0. The summed E-state index contributed by atoms with van der Waals surface area (Å²) in [5, 5.41) is 0. The molecule has 1 atom stereocenters. The minimum absolute atomic E-state index is 0.193. The number of nitrogens with two attached hydrogens (primary N) is 1. The van der Waals surface area contributed by atoms with Gasteiger partial charge in [0.2, 0.25) is 0 Å². The fourth-order valence-electron chi connectivity index (χ4n) is 1.47. The number of hydrogen-bond donors (Lipinski definition) is 1. The molecule has 0 radical (unpaired) electrons. The second-order valence-corrected chi connectivity index (χ2v) is 3.70. The fourth-order valence-corrected chi connectivity index (χ4v) is 1.47. The molecule has 0 fully saturated rings. The predicted molar refractivity (Wildman–Crippen MR) is 55.3 cm³/mol. The Kier molecular flexibility index (Phi) is 3.80. The van der Waals surface area contributed by atoms with E-state index < -0.39 is 11.7 Å². The molecule has 1 aromatic carbocycles. The molecule has 0 heterocycles. The van der Waals surface area contributed by atoms with Gasteiger partial charge in [0, 0.05) is 6.04 Å². The highest BCUT2D eigenvalue weighted by molar-refractivity contribution is 5.38. The van der Waals surface area contributed by atoms with Crippen LogP contribution < -0.4 is 10.5 Å². The van der Waals surface area contributed by atoms with Crippen molar-refractivity contribution in [3.8, 4) is 5.75 Å². The van der Waals surface area contributed by atoms with Gasteiger partial charge in [-0.2, -0.15) is 13.2 Å². The molecular weight excluding hydrogens is 219 g/mol. The number of alkyl halides is 3. The Hall–Kier alpha value is -1.23. The second-order valence-electron chi connectivity index (χ2n) is 3.70. The number of ether oxygens (including phenoxy) is 1. The molecule has 5 heteroatoms. The minimum atomic E-state index is -4.38. The van der Waals surface area contributed by atoms with Gasteiger partial charge in [-0.1, -0.05) is 6.07 Å². The van der Waals surface area contributed by atoms with Gasteiger partial charge in [0.25, 0.3) is 0 Å². The van der Waals surface area contributed by atoms with E-state index in [0.717, 1.165) is 6.07 Å². The van der Waals surface area contributed by atoms with Gasteiger partial charge in [-0.3, -0.25) is 0 Å². The van der Waals surface area contributed by atoms with E-state index in [4.69, 9.17) is 10.5 Å². The molecule has 0 spiro atoms. The molecule has 0 aromatic heterocycles. The Morgan fingerprint density at radius 2 is 2.00 bits per heavy atom. The van der Waals surface area contributed by atoms with E-state index in [9.17, 15) is 13.2 Å². The van der Waals surface area contributed by atoms with Crippen molar-refractivity contribution in [1.82, 2.24) is 0 Å². The number of rotatable bonds is 3. The van der Waals surface area contributed by atoms with Crippen molar-refractivity contribution in [2.24, 2.45) is 5.73 Å². The van der Waals surface area contributed by atoms with Crippen LogP contribution in [0.1, 0.15) is 18.1 Å². The first-order chi connectivity index (χ1) is 7.34. The summed E-state index contributed by atoms with van der Waals surface area (Å²) in [4.78, 5) is 0. The van der Waals surface area contributed by atoms with E-state index in [0.29, 0.717) is 0 Å². The molecule has 16 heavy (non-hydrogen) atoms. The smallest absolute Gasteiger partial charge is 0.416 e. The van der Waals surface area contributed by atoms with Crippen molar-refractivity contribution in [2.45, 2.75) is 25.6 Å². The lowest BCUT2D eigenvalue weighted by Crippen LogP contribution is -2.20. The molecule has 0 aliphatic carbocycles. The first kappa shape index (κ1) is 12.8. The van der Waals surface area contributed by atoms with Crippen molar-refractivity contribution in [1.29, 1.82) is 0 Å². The Bertz CT molecular complexity index is 361. The zero-order valence-electron chi connectivity index (χ0n) is 9.14. The highest BCUT2D eigenvalue weighted by Crippen LogP contribution is 2.34. The van der Waals surface area contributed by atoms with Crippen LogP contribution in [0.15, 0.2) is 18.2 Å². The second kappa shape index (κ2) is 4.74. The lowest BCUT2D eigenvalue weighted by atomic mass is 10.0. The summed E-state index contributed by atoms with van der Waals surface area (Å²) in [5.74, 6) is 0.195. The Labute approximate surface area is 92.2 Å². The van der Waals surface area contributed by atoms with Crippen LogP contribution >= 0.6 is 0 Å². The van der Waals surface area contributed by atoms with Gasteiger partial charge < -0.3 is 10.5 Å². The third kappa shape index (κ3) is 3.13. The third-order valence-corrected chi connectivity index (χ3v) is 2.16. The highest BCUT2D eigenvalue weighted by atomic mass is 19.4. The molecular formula is C11H14F3NO. The van der Waals surface area contributed by atoms with Crippen molar-refractivity contribution >= 4 is 0 Å². The summed E-state index contributed by atoms with van der Waals surface area (Å²) in [6.45, 7) is 1.67. The summed E-state index contributed by atoms with van der Waals surface area (Å²) < 4.78 is 42.9. The van der Waals surface area contributed by atoms with Crippen LogP contribution in [0.4, 0.5) is 13.2 Å². The van der Waals surface area contributed by atoms with E-state index in [1.807, 2.05) is 0 Å². The number of halogens is 3. The highest BCUT2D eigenvalue weighted by Gasteiger charge is 2.33. The van der Waals surface area contributed by atoms with Crippen molar-refractivity contribution in [3.63, 3.8) is 0 Å². The van der Waals surface area contributed by atoms with E-state index in [2.05, 4.69) is 0 Å². The Morgan fingerprint density at radius 1 is 1.38 bits per heavy atom. The van der Waals surface area contributed by atoms with E-state index in [-0.39, 0.29) is 23.8 Å². The topological polar surface area (TPSA) is 35.2 Å². The van der Waals surface area contributed by atoms with Crippen molar-refractivity contribution in [2.75, 3.05) is 7.11 Å². The lowest BCUT2D eigenvalue weighted by Gasteiger charge is -2.15. The van der Waals surface area contributed by atoms with Gasteiger partial charge in [-0.05, 0) is 31.0 Å². The van der Waals surface area contributed by atoms with Crippen LogP contribution in [0, 0.1) is 0 Å². The monoisotopic (exact) mass is 233 g/mol. The molecule has 2 N–H and O–H groups in total. The SMILES string of the molecule is COc1ccc(C[C@@H](C)N)c(C(F)(F)F)c1. The maximum absolute atomic E-state index is 12.7. The summed E-state index contributed by atoms with van der Waals surface area (Å²) in [7, 11) is 1.33. The number of hydrogen-bond acceptors (Lipinski definition) is 2. The molecule has 0 aliphatic rings. The van der Waals surface area contributed by atoms with Gasteiger partial charge in [0.1, 0.15) is 5.75 Å². The van der Waals surface area contributed by atoms with Crippen LogP contribution in [-0.2, 0) is 12.6 Å². The lowest BCUT2D eigenvalue weighted by molar-refractivity contribution is -0.138. The molecule has 0 aliphatic heterocycles. The average Bonchev–Trinajstić information content (AvgIpc) is 2.15. The molecule has 0 amide bonds. The van der Waals surface area contributed by atoms with Crippen LogP contribution in [0.25, 0.3) is 0 Å². The van der Waals surface area contributed by atoms with Gasteiger partial charge in [-0.15, -0.1) is 0 Å². The molecule has 1 aromatic rings. The largest absolute Gasteiger partial charge is 0.497 e. The molecule has 90 valence electrons. The zero-order chi connectivity index (χ0) is 12.3. The average molecular weight is 233 g/mol. The summed E-state index contributed by atoms with van der Waals surface area (Å²) in [5.41, 5.74) is 5.03. The number of benzene rings is 1. The summed E-state index contributed by atoms with van der Waals surface area (Å²) in [6, 6.07) is 3.60. The standard InChI is InChI=1S/C11H14F3NO/c1-7(15)5-8-3-4-9(16-2)6-10(8)11(12,13)14/h3-4,6-7H,5,15H2,1-2H3/t7-/m1/s1. The van der Waals surface area contributed by atoms with Crippen molar-refractivity contribution in [3.05, 3.63) is 29.3 Å². The minimum Gasteiger partial charge on any atom is -0.497 e. The first-order valence-corrected chi connectivity index (χ1v) is 4.84. The Morgan fingerprint density at radius 3 is 2.44 bits per heavy atom. The molecule has 0 unspecified atom stereocenters. The van der Waals surface area contributed by atoms with Gasteiger partial charge in [-0.25, -0.2) is 0 Å². The summed E-state index contributed by atoms with van der Waals surface area (Å²) in [6.07, 6.45) is -4.18. The number of methoxy groups -OCH3 is 1. The van der Waals surface area contributed by atoms with E-state index in [1.165, 1.54) is 19.2 Å². The molecule has 0 saturated heterocycles. The third-order valence-electron chi connectivity index (χ3n) is 2.16. The maximum atomic E-state index is 12.7. The normalized spacial score (nSPS) is 13.6. The molecule has 2 nitrogen and oxygen atoms in total. The van der Waals surface area contributed by atoms with Gasteiger partial charge in [0.05, 0.1) is 12.7 Å². The van der Waals surface area contributed by atoms with Crippen LogP contribution in [0.2, 0.25) is 0 Å². The maximum Gasteiger partial charge on any atom is 0.416 e. The van der Waals surface area contributed by atoms with Gasteiger partial charge >= 0.3 is 6.18 Å². The first-order valence-electron chi connectivity index (χ1n) is 4.84. The van der Waals surface area contributed by atoms with Crippen molar-refractivity contribution < 1.29 is 17.9 Å². The zero-order valence-corrected chi connectivity index (χ0v) is 9.14. The van der Waals surface area contributed by atoms with Crippen LogP contribution in [-0.4, -0.2) is 13.2 Å². The van der Waals surface area contributed by atoms with E-state index in [1.54, 1.807) is 6.92 Å². The van der Waals surface area contributed by atoms with Crippen LogP contribution in [0.3, 0.4) is 0 Å². The Balaban J connectivity index is 3.17. The molecule has 1 rings (SSSR count). The van der Waals surface area contributed by atoms with Gasteiger partial charge in [0.15, 0.2) is 0 Å².